The highest BCUT2D eigenvalue weighted by atomic mass is 79.9. The summed E-state index contributed by atoms with van der Waals surface area (Å²) in [7, 11) is 0. The predicted octanol–water partition coefficient (Wildman–Crippen LogP) is 15.2. The van der Waals surface area contributed by atoms with Gasteiger partial charge in [0, 0.05) is 66.2 Å². The second kappa shape index (κ2) is 19.1. The molecule has 0 amide bonds. The Bertz CT molecular complexity index is 4700. The molecule has 0 aliphatic carbocycles. The highest BCUT2D eigenvalue weighted by Gasteiger charge is 2.20. The molecule has 0 unspecified atom stereocenters. The first kappa shape index (κ1) is 46.2. The van der Waals surface area contributed by atoms with Crippen molar-refractivity contribution in [3.8, 4) is 28.4 Å². The third-order valence-corrected chi connectivity index (χ3v) is 14.9. The first-order valence-electron chi connectivity index (χ1n) is 25.5. The number of fused-ring (bicyclic) bond motifs is 11. The number of H-pyrrole nitrogens is 2. The van der Waals surface area contributed by atoms with Crippen molar-refractivity contribution in [2.75, 3.05) is 0 Å². The van der Waals surface area contributed by atoms with E-state index in [9.17, 15) is 9.59 Å². The minimum Gasteiger partial charge on any atom is -0.309 e. The van der Waals surface area contributed by atoms with Gasteiger partial charge in [-0.1, -0.05) is 143 Å². The number of nitrogens with one attached hydrogen (secondary N) is 2. The number of imidazole rings is 2. The summed E-state index contributed by atoms with van der Waals surface area (Å²) in [6, 6.07) is 83.1. The van der Waals surface area contributed by atoms with E-state index in [0.717, 1.165) is 60.3 Å². The average Bonchev–Trinajstić information content (AvgIpc) is 4.39. The summed E-state index contributed by atoms with van der Waals surface area (Å²) in [5, 5.41) is 7.36. The second-order valence-electron chi connectivity index (χ2n) is 18.9. The first-order chi connectivity index (χ1) is 38.5. The molecular formula is C66H44BrN9O2. The number of aromatic nitrogens is 9. The Morgan fingerprint density at radius 3 is 1.12 bits per heavy atom. The smallest absolute Gasteiger partial charge is 0.309 e. The van der Waals surface area contributed by atoms with E-state index in [0.29, 0.717) is 11.3 Å². The Morgan fingerprint density at radius 1 is 0.321 bits per heavy atom. The fourth-order valence-electron chi connectivity index (χ4n) is 11.1. The molecule has 0 saturated carbocycles. The number of halogens is 1. The van der Waals surface area contributed by atoms with Crippen molar-refractivity contribution in [1.82, 2.24) is 42.8 Å². The molecule has 0 atom stereocenters. The van der Waals surface area contributed by atoms with Gasteiger partial charge in [-0.05, 0) is 115 Å². The van der Waals surface area contributed by atoms with Gasteiger partial charge < -0.3 is 18.7 Å². The lowest BCUT2D eigenvalue weighted by molar-refractivity contribution is 0.922. The number of hydrogen-bond donors (Lipinski definition) is 2. The van der Waals surface area contributed by atoms with Gasteiger partial charge in [-0.3, -0.25) is 9.55 Å². The molecule has 0 aliphatic heterocycles. The summed E-state index contributed by atoms with van der Waals surface area (Å²) in [5.41, 5.74) is 13.9. The lowest BCUT2D eigenvalue weighted by atomic mass is 10.2. The Labute approximate surface area is 452 Å². The van der Waals surface area contributed by atoms with E-state index in [-0.39, 0.29) is 11.4 Å². The normalized spacial score (nSPS) is 11.5. The van der Waals surface area contributed by atoms with Gasteiger partial charge in [0.15, 0.2) is 11.3 Å². The third kappa shape index (κ3) is 7.81. The molecule has 7 aromatic heterocycles. The van der Waals surface area contributed by atoms with Gasteiger partial charge in [0.2, 0.25) is 0 Å². The minimum atomic E-state index is -0.214. The molecule has 12 heteroatoms. The number of pyridine rings is 2. The van der Waals surface area contributed by atoms with Crippen LogP contribution in [-0.4, -0.2) is 42.8 Å². The fraction of sp³-hybridized carbons (Fsp3) is 0. The number of nitrogens with zero attached hydrogens (tertiary/aromatic N) is 7. The summed E-state index contributed by atoms with van der Waals surface area (Å²) >= 11 is 3.56. The van der Waals surface area contributed by atoms with Crippen LogP contribution >= 0.6 is 15.9 Å². The molecular weight excluding hydrogens is 1030 g/mol. The molecule has 0 bridgehead atoms. The van der Waals surface area contributed by atoms with E-state index in [2.05, 4.69) is 239 Å². The molecule has 0 saturated heterocycles. The van der Waals surface area contributed by atoms with Gasteiger partial charge in [-0.2, -0.15) is 0 Å². The summed E-state index contributed by atoms with van der Waals surface area (Å²) < 4.78 is 11.4. The number of hydrogen-bond acceptors (Lipinski definition) is 4. The maximum atomic E-state index is 14.6. The lowest BCUT2D eigenvalue weighted by Gasteiger charge is -2.11. The van der Waals surface area contributed by atoms with Crippen LogP contribution in [0.25, 0.3) is 116 Å². The monoisotopic (exact) mass is 1070 g/mol. The van der Waals surface area contributed by atoms with Crippen LogP contribution in [0.15, 0.2) is 269 Å². The number of rotatable bonds is 5. The number of para-hydroxylation sites is 6. The molecule has 7 heterocycles. The fourth-order valence-corrected chi connectivity index (χ4v) is 11.5. The summed E-state index contributed by atoms with van der Waals surface area (Å²) in [4.78, 5) is 39.0. The maximum absolute atomic E-state index is 14.6. The quantitative estimate of drug-likeness (QED) is 0.179. The molecule has 0 aliphatic rings. The average molecular weight is 1080 g/mol. The Balaban J connectivity index is 0.000000149. The molecule has 16 aromatic rings. The zero-order chi connectivity index (χ0) is 52.3. The van der Waals surface area contributed by atoms with Crippen molar-refractivity contribution < 1.29 is 0 Å². The van der Waals surface area contributed by atoms with Crippen molar-refractivity contribution in [3.05, 3.63) is 280 Å². The van der Waals surface area contributed by atoms with Crippen molar-refractivity contribution >= 4 is 104 Å². The zero-order valence-electron chi connectivity index (χ0n) is 41.6. The van der Waals surface area contributed by atoms with Crippen LogP contribution in [0.5, 0.6) is 0 Å². The molecule has 11 nitrogen and oxygen atoms in total. The molecule has 16 rings (SSSR count). The van der Waals surface area contributed by atoms with Crippen LogP contribution in [0.2, 0.25) is 0 Å². The molecule has 2 N–H and O–H groups in total. The van der Waals surface area contributed by atoms with E-state index < -0.39 is 0 Å². The van der Waals surface area contributed by atoms with Gasteiger partial charge in [-0.15, -0.1) is 0 Å². The summed E-state index contributed by atoms with van der Waals surface area (Å²) in [6.07, 6.45) is 3.38. The predicted molar refractivity (Wildman–Crippen MR) is 321 cm³/mol. The summed E-state index contributed by atoms with van der Waals surface area (Å²) in [5.74, 6) is 0. The van der Waals surface area contributed by atoms with E-state index in [1.807, 2.05) is 36.4 Å². The number of aromatic amines is 2. The standard InChI is InChI=1S/C42H27N5O.C18H12BrN.C6H5N3O/c48-42-46(30-14-9-12-28(26-30)44-36-20-5-1-16-32(36)33-17-2-6-21-37(33)44)40-24-11-25-43-41(40)47(42)31-15-10-13-29(27-31)45-38-22-7-3-18-34(38)35-19-4-8-23-39(35)45;19-13-6-5-7-14(12-13)20-17-10-3-1-8-15(17)16-9-2-4-11-18(16)20;10-6-8-4-2-1-3-7-5(4)9-6/h1-27H;1-12H;1-3H,(H2,7,8,9,10). The van der Waals surface area contributed by atoms with Crippen molar-refractivity contribution in [3.63, 3.8) is 0 Å². The largest absolute Gasteiger partial charge is 0.339 e. The third-order valence-electron chi connectivity index (χ3n) is 14.4. The second-order valence-corrected chi connectivity index (χ2v) is 19.8. The Hall–Kier alpha value is -10.3. The highest BCUT2D eigenvalue weighted by molar-refractivity contribution is 9.10. The molecule has 0 radical (unpaired) electrons. The van der Waals surface area contributed by atoms with E-state index in [1.54, 1.807) is 33.7 Å². The van der Waals surface area contributed by atoms with E-state index >= 15 is 0 Å². The van der Waals surface area contributed by atoms with Crippen LogP contribution < -0.4 is 11.4 Å². The molecule has 372 valence electrons. The van der Waals surface area contributed by atoms with Crippen molar-refractivity contribution in [2.24, 2.45) is 0 Å². The van der Waals surface area contributed by atoms with Crippen LogP contribution in [0.1, 0.15) is 0 Å². The van der Waals surface area contributed by atoms with Gasteiger partial charge >= 0.3 is 11.4 Å². The molecule has 9 aromatic carbocycles. The van der Waals surface area contributed by atoms with Crippen molar-refractivity contribution in [1.29, 1.82) is 0 Å². The number of benzene rings is 9. The topological polar surface area (TPSA) is 116 Å². The van der Waals surface area contributed by atoms with Crippen LogP contribution in [0, 0.1) is 0 Å². The lowest BCUT2D eigenvalue weighted by Crippen LogP contribution is -2.22. The molecule has 0 spiro atoms. The van der Waals surface area contributed by atoms with Gasteiger partial charge in [0.05, 0.1) is 55.5 Å². The summed E-state index contributed by atoms with van der Waals surface area (Å²) in [6.45, 7) is 0. The van der Waals surface area contributed by atoms with Gasteiger partial charge in [-0.25, -0.2) is 24.1 Å². The van der Waals surface area contributed by atoms with Crippen LogP contribution in [-0.2, 0) is 0 Å². The van der Waals surface area contributed by atoms with Gasteiger partial charge in [0.25, 0.3) is 0 Å². The van der Waals surface area contributed by atoms with E-state index in [1.165, 1.54) is 49.0 Å². The zero-order valence-corrected chi connectivity index (χ0v) is 43.2. The minimum absolute atomic E-state index is 0.178. The SMILES string of the molecule is Brc1cccc(-n2c3ccccc3c3ccccc32)c1.O=c1[nH]c2cccnc2[nH]1.O=c1n(-c2cccc(-n3c4ccccc4c4ccccc43)c2)c2cccnc2n1-c1cccc(-n2c3ccccc3c3ccccc32)c1. The Kier molecular flexibility index (Phi) is 11.3. The van der Waals surface area contributed by atoms with E-state index in [4.69, 9.17) is 4.98 Å². The molecule has 0 fully saturated rings. The van der Waals surface area contributed by atoms with Crippen LogP contribution in [0.4, 0.5) is 0 Å². The van der Waals surface area contributed by atoms with Crippen molar-refractivity contribution in [2.45, 2.75) is 0 Å². The van der Waals surface area contributed by atoms with Crippen LogP contribution in [0.3, 0.4) is 0 Å². The Morgan fingerprint density at radius 2 is 0.679 bits per heavy atom. The first-order valence-corrected chi connectivity index (χ1v) is 26.3. The highest BCUT2D eigenvalue weighted by Crippen LogP contribution is 2.36. The van der Waals surface area contributed by atoms with Gasteiger partial charge in [0.1, 0.15) is 0 Å². The molecule has 78 heavy (non-hydrogen) atoms. The maximum Gasteiger partial charge on any atom is 0.339 e.